The summed E-state index contributed by atoms with van der Waals surface area (Å²) in [6.45, 7) is 0. The molecule has 0 aliphatic carbocycles. The SMILES string of the molecule is O=C(O)c1c(Br)c2ccccc2oc1=O. The molecule has 0 atom stereocenters. The van der Waals surface area contributed by atoms with Crippen LogP contribution in [0.3, 0.4) is 0 Å². The third-order valence-electron chi connectivity index (χ3n) is 1.96. The molecule has 1 N–H and O–H groups in total. The number of fused-ring (bicyclic) bond motifs is 1. The molecule has 0 radical (unpaired) electrons. The smallest absolute Gasteiger partial charge is 0.352 e. The molecule has 0 fully saturated rings. The summed E-state index contributed by atoms with van der Waals surface area (Å²) in [5.41, 5.74) is -0.874. The highest BCUT2D eigenvalue weighted by Gasteiger charge is 2.18. The molecular weight excluding hydrogens is 264 g/mol. The second-order valence-corrected chi connectivity index (χ2v) is 3.67. The first-order valence-corrected chi connectivity index (χ1v) is 4.85. The van der Waals surface area contributed by atoms with Gasteiger partial charge in [-0.1, -0.05) is 18.2 Å². The van der Waals surface area contributed by atoms with E-state index in [1.807, 2.05) is 0 Å². The molecule has 0 aliphatic rings. The summed E-state index contributed by atoms with van der Waals surface area (Å²) in [6.07, 6.45) is 0. The number of carboxylic acids is 1. The number of hydrogen-bond donors (Lipinski definition) is 1. The van der Waals surface area contributed by atoms with Crippen molar-refractivity contribution in [2.24, 2.45) is 0 Å². The Morgan fingerprint density at radius 1 is 1.33 bits per heavy atom. The van der Waals surface area contributed by atoms with Gasteiger partial charge in [0.25, 0.3) is 0 Å². The summed E-state index contributed by atoms with van der Waals surface area (Å²) in [7, 11) is 0. The number of halogens is 1. The van der Waals surface area contributed by atoms with E-state index in [1.54, 1.807) is 24.3 Å². The van der Waals surface area contributed by atoms with E-state index in [9.17, 15) is 9.59 Å². The van der Waals surface area contributed by atoms with Crippen molar-refractivity contribution in [2.75, 3.05) is 0 Å². The van der Waals surface area contributed by atoms with Gasteiger partial charge in [0, 0.05) is 5.39 Å². The Morgan fingerprint density at radius 2 is 2.00 bits per heavy atom. The van der Waals surface area contributed by atoms with Gasteiger partial charge in [0.15, 0.2) is 5.56 Å². The normalized spacial score (nSPS) is 10.5. The van der Waals surface area contributed by atoms with E-state index in [2.05, 4.69) is 15.9 Å². The number of carbonyl (C=O) groups is 1. The Bertz CT molecular complexity index is 600. The quantitative estimate of drug-likeness (QED) is 0.806. The van der Waals surface area contributed by atoms with Gasteiger partial charge in [0.2, 0.25) is 0 Å². The van der Waals surface area contributed by atoms with Crippen molar-refractivity contribution >= 4 is 32.9 Å². The minimum Gasteiger partial charge on any atom is -0.477 e. The van der Waals surface area contributed by atoms with Crippen LogP contribution in [0.4, 0.5) is 0 Å². The van der Waals surface area contributed by atoms with E-state index in [-0.39, 0.29) is 10.0 Å². The molecule has 0 saturated heterocycles. The molecule has 1 heterocycles. The maximum Gasteiger partial charge on any atom is 0.352 e. The minimum absolute atomic E-state index is 0.252. The lowest BCUT2D eigenvalue weighted by Crippen LogP contribution is -2.14. The van der Waals surface area contributed by atoms with Crippen molar-refractivity contribution in [3.63, 3.8) is 0 Å². The van der Waals surface area contributed by atoms with E-state index in [0.29, 0.717) is 11.0 Å². The minimum atomic E-state index is -1.30. The van der Waals surface area contributed by atoms with Gasteiger partial charge in [-0.05, 0) is 22.0 Å². The number of benzene rings is 1. The van der Waals surface area contributed by atoms with Crippen LogP contribution in [0.2, 0.25) is 0 Å². The summed E-state index contributed by atoms with van der Waals surface area (Å²) < 4.78 is 5.12. The van der Waals surface area contributed by atoms with Gasteiger partial charge in [-0.2, -0.15) is 0 Å². The molecule has 0 bridgehead atoms. The van der Waals surface area contributed by atoms with Crippen LogP contribution in [0.15, 0.2) is 37.9 Å². The summed E-state index contributed by atoms with van der Waals surface area (Å²) in [5.74, 6) is -1.30. The van der Waals surface area contributed by atoms with Gasteiger partial charge in [0.05, 0.1) is 4.47 Å². The third-order valence-corrected chi connectivity index (χ3v) is 2.79. The molecule has 2 rings (SSSR count). The summed E-state index contributed by atoms with van der Waals surface area (Å²) in [5, 5.41) is 9.38. The van der Waals surface area contributed by atoms with E-state index in [4.69, 9.17) is 9.52 Å². The lowest BCUT2D eigenvalue weighted by Gasteiger charge is -2.01. The van der Waals surface area contributed by atoms with Gasteiger partial charge in [-0.25, -0.2) is 9.59 Å². The molecule has 0 aliphatic heterocycles. The molecule has 2 aromatic rings. The zero-order chi connectivity index (χ0) is 11.0. The number of para-hydroxylation sites is 1. The summed E-state index contributed by atoms with van der Waals surface area (Å²) >= 11 is 3.09. The lowest BCUT2D eigenvalue weighted by atomic mass is 10.2. The molecule has 0 spiro atoms. The van der Waals surface area contributed by atoms with Gasteiger partial charge < -0.3 is 9.52 Å². The number of hydrogen-bond acceptors (Lipinski definition) is 3. The predicted octanol–water partition coefficient (Wildman–Crippen LogP) is 2.25. The van der Waals surface area contributed by atoms with Crippen LogP contribution in [0, 0.1) is 0 Å². The van der Waals surface area contributed by atoms with E-state index in [1.165, 1.54) is 0 Å². The van der Waals surface area contributed by atoms with Crippen LogP contribution in [0.1, 0.15) is 10.4 Å². The largest absolute Gasteiger partial charge is 0.477 e. The average molecular weight is 269 g/mol. The van der Waals surface area contributed by atoms with Crippen molar-refractivity contribution in [3.05, 3.63) is 44.7 Å². The van der Waals surface area contributed by atoms with Crippen LogP contribution in [-0.4, -0.2) is 11.1 Å². The average Bonchev–Trinajstić information content (AvgIpc) is 2.17. The van der Waals surface area contributed by atoms with E-state index < -0.39 is 11.6 Å². The Labute approximate surface area is 92.3 Å². The van der Waals surface area contributed by atoms with Gasteiger partial charge in [-0.3, -0.25) is 0 Å². The van der Waals surface area contributed by atoms with Crippen LogP contribution >= 0.6 is 15.9 Å². The van der Waals surface area contributed by atoms with Crippen LogP contribution in [0.25, 0.3) is 11.0 Å². The Balaban J connectivity index is 2.97. The van der Waals surface area contributed by atoms with Crippen LogP contribution in [0.5, 0.6) is 0 Å². The van der Waals surface area contributed by atoms with Crippen molar-refractivity contribution in [3.8, 4) is 0 Å². The monoisotopic (exact) mass is 268 g/mol. The Hall–Kier alpha value is -1.62. The van der Waals surface area contributed by atoms with Gasteiger partial charge in [-0.15, -0.1) is 0 Å². The highest BCUT2D eigenvalue weighted by Crippen LogP contribution is 2.24. The molecule has 15 heavy (non-hydrogen) atoms. The van der Waals surface area contributed by atoms with Crippen molar-refractivity contribution < 1.29 is 14.3 Å². The van der Waals surface area contributed by atoms with Gasteiger partial charge in [0.1, 0.15) is 5.58 Å². The third kappa shape index (κ3) is 1.55. The second kappa shape index (κ2) is 3.51. The van der Waals surface area contributed by atoms with Crippen molar-refractivity contribution in [2.45, 2.75) is 0 Å². The van der Waals surface area contributed by atoms with Gasteiger partial charge >= 0.3 is 11.6 Å². The zero-order valence-electron chi connectivity index (χ0n) is 7.36. The summed E-state index contributed by atoms with van der Waals surface area (Å²) in [4.78, 5) is 22.1. The molecule has 76 valence electrons. The maximum absolute atomic E-state index is 11.3. The fraction of sp³-hybridized carbons (Fsp3) is 0. The molecule has 0 amide bonds. The van der Waals surface area contributed by atoms with Crippen molar-refractivity contribution in [1.82, 2.24) is 0 Å². The molecule has 1 aromatic heterocycles. The van der Waals surface area contributed by atoms with E-state index in [0.717, 1.165) is 0 Å². The second-order valence-electron chi connectivity index (χ2n) is 2.88. The predicted molar refractivity (Wildman–Crippen MR) is 57.1 cm³/mol. The topological polar surface area (TPSA) is 67.5 Å². The molecule has 5 heteroatoms. The first kappa shape index (κ1) is 9.92. The number of aromatic carboxylic acids is 1. The van der Waals surface area contributed by atoms with E-state index >= 15 is 0 Å². The Kier molecular flexibility index (Phi) is 2.32. The number of rotatable bonds is 1. The molecule has 4 nitrogen and oxygen atoms in total. The molecular formula is C10H5BrO4. The van der Waals surface area contributed by atoms with Crippen LogP contribution in [-0.2, 0) is 0 Å². The lowest BCUT2D eigenvalue weighted by molar-refractivity contribution is 0.0691. The van der Waals surface area contributed by atoms with Crippen molar-refractivity contribution in [1.29, 1.82) is 0 Å². The van der Waals surface area contributed by atoms with Crippen LogP contribution < -0.4 is 5.63 Å². The maximum atomic E-state index is 11.3. The summed E-state index contributed by atoms with van der Waals surface area (Å²) in [6, 6.07) is 6.72. The molecule has 0 unspecified atom stereocenters. The molecule has 0 saturated carbocycles. The molecule has 1 aromatic carbocycles. The highest BCUT2D eigenvalue weighted by molar-refractivity contribution is 9.10. The number of carboxylic acid groups (broad SMARTS) is 1. The first-order chi connectivity index (χ1) is 7.11. The standard InChI is InChI=1S/C10H5BrO4/c11-8-5-3-1-2-4-6(5)15-10(14)7(8)9(12)13/h1-4H,(H,12,13). The fourth-order valence-corrected chi connectivity index (χ4v) is 1.95. The fourth-order valence-electron chi connectivity index (χ4n) is 1.29. The first-order valence-electron chi connectivity index (χ1n) is 4.06. The Morgan fingerprint density at radius 3 is 2.67 bits per heavy atom. The highest BCUT2D eigenvalue weighted by atomic mass is 79.9. The zero-order valence-corrected chi connectivity index (χ0v) is 8.95.